The summed E-state index contributed by atoms with van der Waals surface area (Å²) in [6.07, 6.45) is 0. The van der Waals surface area contributed by atoms with Gasteiger partial charge in [-0.1, -0.05) is 48.0 Å². The molecule has 3 nitrogen and oxygen atoms in total. The fourth-order valence-corrected chi connectivity index (χ4v) is 3.24. The average Bonchev–Trinajstić information content (AvgIpc) is 2.84. The highest BCUT2D eigenvalue weighted by molar-refractivity contribution is 7.21. The van der Waals surface area contributed by atoms with E-state index in [4.69, 9.17) is 5.73 Å². The van der Waals surface area contributed by atoms with Crippen molar-refractivity contribution in [1.82, 2.24) is 5.32 Å². The zero-order valence-corrected chi connectivity index (χ0v) is 12.5. The van der Waals surface area contributed by atoms with Crippen molar-refractivity contribution in [2.24, 2.45) is 0 Å². The highest BCUT2D eigenvalue weighted by Gasteiger charge is 2.15. The minimum absolute atomic E-state index is 0.116. The lowest BCUT2D eigenvalue weighted by Crippen LogP contribution is -2.22. The standard InChI is InChI=1S/C17H16N2OS/c1-11-6-8-12(9-7-11)10-19-17(20)16-15(18)13-4-2-3-5-14(13)21-16/h2-9H,10,18H2,1H3,(H,19,20). The van der Waals surface area contributed by atoms with Crippen LogP contribution in [0.25, 0.3) is 10.1 Å². The number of amides is 1. The van der Waals surface area contributed by atoms with E-state index in [2.05, 4.69) is 5.32 Å². The van der Waals surface area contributed by atoms with Gasteiger partial charge in [-0.15, -0.1) is 11.3 Å². The quantitative estimate of drug-likeness (QED) is 0.774. The van der Waals surface area contributed by atoms with E-state index in [1.165, 1.54) is 16.9 Å². The summed E-state index contributed by atoms with van der Waals surface area (Å²) in [6.45, 7) is 2.55. The minimum atomic E-state index is -0.116. The second-order valence-electron chi connectivity index (χ2n) is 5.01. The summed E-state index contributed by atoms with van der Waals surface area (Å²) < 4.78 is 1.04. The van der Waals surface area contributed by atoms with Gasteiger partial charge in [-0.3, -0.25) is 4.79 Å². The van der Waals surface area contributed by atoms with E-state index in [1.807, 2.05) is 55.5 Å². The zero-order chi connectivity index (χ0) is 14.8. The van der Waals surface area contributed by atoms with Gasteiger partial charge in [0.1, 0.15) is 4.88 Å². The van der Waals surface area contributed by atoms with Crippen LogP contribution in [0.3, 0.4) is 0 Å². The number of hydrogen-bond donors (Lipinski definition) is 2. The Morgan fingerprint density at radius 1 is 1.14 bits per heavy atom. The molecule has 3 N–H and O–H groups in total. The van der Waals surface area contributed by atoms with E-state index in [0.29, 0.717) is 17.1 Å². The molecule has 2 aromatic carbocycles. The summed E-state index contributed by atoms with van der Waals surface area (Å²) in [4.78, 5) is 12.9. The number of thiophene rings is 1. The number of carbonyl (C=O) groups excluding carboxylic acids is 1. The number of rotatable bonds is 3. The smallest absolute Gasteiger partial charge is 0.263 e. The molecule has 3 aromatic rings. The Morgan fingerprint density at radius 3 is 2.57 bits per heavy atom. The van der Waals surface area contributed by atoms with Crippen molar-refractivity contribution in [1.29, 1.82) is 0 Å². The summed E-state index contributed by atoms with van der Waals surface area (Å²) >= 11 is 1.43. The predicted octanol–water partition coefficient (Wildman–Crippen LogP) is 3.72. The van der Waals surface area contributed by atoms with E-state index < -0.39 is 0 Å². The number of aryl methyl sites for hydroxylation is 1. The number of hydrogen-bond acceptors (Lipinski definition) is 3. The monoisotopic (exact) mass is 296 g/mol. The van der Waals surface area contributed by atoms with Crippen LogP contribution in [0.2, 0.25) is 0 Å². The highest BCUT2D eigenvalue weighted by Crippen LogP contribution is 2.33. The maximum atomic E-state index is 12.3. The molecule has 0 fully saturated rings. The molecule has 4 heteroatoms. The van der Waals surface area contributed by atoms with Crippen LogP contribution in [-0.2, 0) is 6.54 Å². The number of carbonyl (C=O) groups is 1. The molecule has 0 atom stereocenters. The summed E-state index contributed by atoms with van der Waals surface area (Å²) in [5.74, 6) is -0.116. The topological polar surface area (TPSA) is 55.1 Å². The van der Waals surface area contributed by atoms with Gasteiger partial charge in [-0.25, -0.2) is 0 Å². The van der Waals surface area contributed by atoms with Gasteiger partial charge in [0.15, 0.2) is 0 Å². The van der Waals surface area contributed by atoms with E-state index in [-0.39, 0.29) is 5.91 Å². The number of nitrogens with two attached hydrogens (primary N) is 1. The molecule has 0 radical (unpaired) electrons. The van der Waals surface area contributed by atoms with Gasteiger partial charge >= 0.3 is 0 Å². The first-order valence-corrected chi connectivity index (χ1v) is 7.57. The van der Waals surface area contributed by atoms with Crippen LogP contribution in [0.4, 0.5) is 5.69 Å². The van der Waals surface area contributed by atoms with Gasteiger partial charge in [0, 0.05) is 16.6 Å². The third kappa shape index (κ3) is 2.76. The van der Waals surface area contributed by atoms with Crippen molar-refractivity contribution in [2.75, 3.05) is 5.73 Å². The number of anilines is 1. The number of fused-ring (bicyclic) bond motifs is 1. The SMILES string of the molecule is Cc1ccc(CNC(=O)c2sc3ccccc3c2N)cc1. The van der Waals surface area contributed by atoms with Crippen LogP contribution in [0.1, 0.15) is 20.8 Å². The second kappa shape index (κ2) is 5.58. The lowest BCUT2D eigenvalue weighted by atomic mass is 10.1. The lowest BCUT2D eigenvalue weighted by Gasteiger charge is -2.05. The first-order chi connectivity index (χ1) is 10.1. The molecule has 0 aliphatic rings. The molecule has 0 saturated carbocycles. The number of nitrogen functional groups attached to an aromatic ring is 1. The van der Waals surface area contributed by atoms with Crippen molar-refractivity contribution >= 4 is 33.0 Å². The Morgan fingerprint density at radius 2 is 1.86 bits per heavy atom. The molecule has 0 aliphatic heterocycles. The third-order valence-corrected chi connectivity index (χ3v) is 4.60. The first kappa shape index (κ1) is 13.6. The van der Waals surface area contributed by atoms with E-state index >= 15 is 0 Å². The van der Waals surface area contributed by atoms with Gasteiger partial charge in [-0.2, -0.15) is 0 Å². The van der Waals surface area contributed by atoms with Crippen molar-refractivity contribution in [3.63, 3.8) is 0 Å². The molecule has 21 heavy (non-hydrogen) atoms. The largest absolute Gasteiger partial charge is 0.397 e. The van der Waals surface area contributed by atoms with Gasteiger partial charge in [0.2, 0.25) is 0 Å². The van der Waals surface area contributed by atoms with Crippen LogP contribution in [0, 0.1) is 6.92 Å². The summed E-state index contributed by atoms with van der Waals surface area (Å²) in [5.41, 5.74) is 8.93. The van der Waals surface area contributed by atoms with Crippen LogP contribution in [0.5, 0.6) is 0 Å². The van der Waals surface area contributed by atoms with Crippen molar-refractivity contribution < 1.29 is 4.79 Å². The van der Waals surface area contributed by atoms with Gasteiger partial charge in [0.25, 0.3) is 5.91 Å². The average molecular weight is 296 g/mol. The molecule has 1 amide bonds. The third-order valence-electron chi connectivity index (χ3n) is 3.41. The van der Waals surface area contributed by atoms with Crippen molar-refractivity contribution in [2.45, 2.75) is 13.5 Å². The minimum Gasteiger partial charge on any atom is -0.397 e. The summed E-state index contributed by atoms with van der Waals surface area (Å²) in [7, 11) is 0. The Bertz CT molecular complexity index is 790. The number of nitrogens with one attached hydrogen (secondary N) is 1. The number of benzene rings is 2. The maximum Gasteiger partial charge on any atom is 0.263 e. The Kier molecular flexibility index (Phi) is 3.62. The molecular formula is C17H16N2OS. The van der Waals surface area contributed by atoms with Crippen molar-refractivity contribution in [3.8, 4) is 0 Å². The summed E-state index contributed by atoms with van der Waals surface area (Å²) in [5, 5.41) is 3.88. The molecule has 3 rings (SSSR count). The van der Waals surface area contributed by atoms with E-state index in [1.54, 1.807) is 0 Å². The molecular weight excluding hydrogens is 280 g/mol. The second-order valence-corrected chi connectivity index (χ2v) is 6.06. The molecule has 1 aromatic heterocycles. The highest BCUT2D eigenvalue weighted by atomic mass is 32.1. The van der Waals surface area contributed by atoms with Gasteiger partial charge < -0.3 is 11.1 Å². The van der Waals surface area contributed by atoms with Crippen LogP contribution in [-0.4, -0.2) is 5.91 Å². The summed E-state index contributed by atoms with van der Waals surface area (Å²) in [6, 6.07) is 15.9. The van der Waals surface area contributed by atoms with E-state index in [0.717, 1.165) is 15.6 Å². The first-order valence-electron chi connectivity index (χ1n) is 6.76. The molecule has 1 heterocycles. The zero-order valence-electron chi connectivity index (χ0n) is 11.7. The fourth-order valence-electron chi connectivity index (χ4n) is 2.20. The lowest BCUT2D eigenvalue weighted by molar-refractivity contribution is 0.0956. The molecule has 0 unspecified atom stereocenters. The fraction of sp³-hybridized carbons (Fsp3) is 0.118. The molecule has 106 valence electrons. The van der Waals surface area contributed by atoms with Crippen molar-refractivity contribution in [3.05, 3.63) is 64.5 Å². The molecule has 0 saturated heterocycles. The Hall–Kier alpha value is -2.33. The molecule has 0 spiro atoms. The maximum absolute atomic E-state index is 12.3. The van der Waals surface area contributed by atoms with Gasteiger partial charge in [-0.05, 0) is 18.6 Å². The Balaban J connectivity index is 1.78. The van der Waals surface area contributed by atoms with Crippen LogP contribution < -0.4 is 11.1 Å². The normalized spacial score (nSPS) is 10.7. The van der Waals surface area contributed by atoms with Crippen LogP contribution in [0.15, 0.2) is 48.5 Å². The van der Waals surface area contributed by atoms with Crippen LogP contribution >= 0.6 is 11.3 Å². The predicted molar refractivity (Wildman–Crippen MR) is 88.6 cm³/mol. The van der Waals surface area contributed by atoms with Gasteiger partial charge in [0.05, 0.1) is 5.69 Å². The van der Waals surface area contributed by atoms with E-state index in [9.17, 15) is 4.79 Å². The Labute approximate surface area is 127 Å². The molecule has 0 aliphatic carbocycles. The molecule has 0 bridgehead atoms.